The van der Waals surface area contributed by atoms with Crippen molar-refractivity contribution in [3.63, 3.8) is 0 Å². The van der Waals surface area contributed by atoms with Gasteiger partial charge in [-0.05, 0) is 6.07 Å². The molecule has 0 unspecified atom stereocenters. The third-order valence-corrected chi connectivity index (χ3v) is 2.22. The van der Waals surface area contributed by atoms with Crippen LogP contribution in [-0.2, 0) is 0 Å². The second-order valence-corrected chi connectivity index (χ2v) is 3.43. The van der Waals surface area contributed by atoms with Gasteiger partial charge in [0, 0.05) is 6.07 Å². The molecule has 0 aliphatic rings. The normalized spacial score (nSPS) is 10.6. The maximum Gasteiger partial charge on any atom is 0.362 e. The molecule has 2 rings (SSSR count). The molecule has 94 valence electrons. The van der Waals surface area contributed by atoms with Gasteiger partial charge in [0.15, 0.2) is 11.6 Å². The SMILES string of the molecule is C=CCOn1c(=O)[nH]c2cc(F)c(F)cc2c1=O. The predicted molar refractivity (Wildman–Crippen MR) is 60.4 cm³/mol. The van der Waals surface area contributed by atoms with Crippen molar-refractivity contribution in [2.75, 3.05) is 6.61 Å². The van der Waals surface area contributed by atoms with E-state index < -0.39 is 22.9 Å². The second kappa shape index (κ2) is 4.44. The maximum absolute atomic E-state index is 13.0. The van der Waals surface area contributed by atoms with E-state index in [4.69, 9.17) is 4.84 Å². The van der Waals surface area contributed by atoms with Gasteiger partial charge in [-0.25, -0.2) is 13.6 Å². The van der Waals surface area contributed by atoms with E-state index in [-0.39, 0.29) is 17.5 Å². The number of aromatic amines is 1. The van der Waals surface area contributed by atoms with Gasteiger partial charge >= 0.3 is 5.69 Å². The number of fused-ring (bicyclic) bond motifs is 1. The summed E-state index contributed by atoms with van der Waals surface area (Å²) < 4.78 is 26.4. The number of halogens is 2. The lowest BCUT2D eigenvalue weighted by Crippen LogP contribution is -2.40. The highest BCUT2D eigenvalue weighted by Gasteiger charge is 2.12. The number of benzene rings is 1. The monoisotopic (exact) mass is 254 g/mol. The van der Waals surface area contributed by atoms with Gasteiger partial charge in [-0.15, -0.1) is 0 Å². The number of H-pyrrole nitrogens is 1. The van der Waals surface area contributed by atoms with Crippen LogP contribution in [0.1, 0.15) is 0 Å². The number of nitrogens with zero attached hydrogens (tertiary/aromatic N) is 1. The Kier molecular flexibility index (Phi) is 2.97. The van der Waals surface area contributed by atoms with Crippen LogP contribution >= 0.6 is 0 Å². The first-order valence-corrected chi connectivity index (χ1v) is 4.93. The number of nitrogens with one attached hydrogen (secondary N) is 1. The van der Waals surface area contributed by atoms with Crippen LogP contribution in [0.5, 0.6) is 0 Å². The zero-order valence-corrected chi connectivity index (χ0v) is 9.07. The van der Waals surface area contributed by atoms with E-state index in [0.29, 0.717) is 10.8 Å². The van der Waals surface area contributed by atoms with E-state index in [0.717, 1.165) is 6.07 Å². The summed E-state index contributed by atoms with van der Waals surface area (Å²) in [4.78, 5) is 30.3. The number of hydrogen-bond donors (Lipinski definition) is 1. The van der Waals surface area contributed by atoms with E-state index in [1.54, 1.807) is 0 Å². The molecule has 0 radical (unpaired) electrons. The van der Waals surface area contributed by atoms with Crippen LogP contribution in [0.3, 0.4) is 0 Å². The average molecular weight is 254 g/mol. The fraction of sp³-hybridized carbons (Fsp3) is 0.0909. The third kappa shape index (κ3) is 1.90. The summed E-state index contributed by atoms with van der Waals surface area (Å²) in [6.07, 6.45) is 1.33. The minimum Gasteiger partial charge on any atom is -0.402 e. The third-order valence-electron chi connectivity index (χ3n) is 2.22. The smallest absolute Gasteiger partial charge is 0.362 e. The molecule has 0 bridgehead atoms. The van der Waals surface area contributed by atoms with E-state index in [1.165, 1.54) is 6.08 Å². The Morgan fingerprint density at radius 3 is 2.67 bits per heavy atom. The van der Waals surface area contributed by atoms with Crippen LogP contribution in [0, 0.1) is 11.6 Å². The van der Waals surface area contributed by atoms with Crippen molar-refractivity contribution in [3.05, 3.63) is 57.3 Å². The summed E-state index contributed by atoms with van der Waals surface area (Å²) >= 11 is 0. The van der Waals surface area contributed by atoms with E-state index in [1.807, 2.05) is 0 Å². The summed E-state index contributed by atoms with van der Waals surface area (Å²) in [7, 11) is 0. The molecule has 1 aromatic heterocycles. The summed E-state index contributed by atoms with van der Waals surface area (Å²) in [5, 5.41) is -0.183. The maximum atomic E-state index is 13.0. The molecule has 1 aromatic carbocycles. The zero-order chi connectivity index (χ0) is 13.3. The first-order valence-electron chi connectivity index (χ1n) is 4.93. The van der Waals surface area contributed by atoms with Gasteiger partial charge in [0.1, 0.15) is 6.61 Å². The molecule has 5 nitrogen and oxygen atoms in total. The lowest BCUT2D eigenvalue weighted by Gasteiger charge is -2.06. The molecule has 1 N–H and O–H groups in total. The fourth-order valence-electron chi connectivity index (χ4n) is 1.44. The fourth-order valence-corrected chi connectivity index (χ4v) is 1.44. The molecule has 18 heavy (non-hydrogen) atoms. The number of aromatic nitrogens is 2. The standard InChI is InChI=1S/C11H8F2N2O3/c1-2-3-18-15-10(16)6-4-7(12)8(13)5-9(6)14-11(15)17/h2,4-5H,1,3H2,(H,14,17). The van der Waals surface area contributed by atoms with Crippen molar-refractivity contribution in [3.8, 4) is 0 Å². The summed E-state index contributed by atoms with van der Waals surface area (Å²) in [6.45, 7) is 3.29. The lowest BCUT2D eigenvalue weighted by atomic mass is 10.2. The molecule has 7 heteroatoms. The molecular formula is C11H8F2N2O3. The first-order chi connectivity index (χ1) is 8.54. The highest BCUT2D eigenvalue weighted by Crippen LogP contribution is 2.11. The van der Waals surface area contributed by atoms with Gasteiger partial charge in [0.05, 0.1) is 10.9 Å². The van der Waals surface area contributed by atoms with Crippen LogP contribution < -0.4 is 16.1 Å². The molecular weight excluding hydrogens is 246 g/mol. The van der Waals surface area contributed by atoms with Crippen LogP contribution in [0.25, 0.3) is 10.9 Å². The van der Waals surface area contributed by atoms with Crippen molar-refractivity contribution in [2.24, 2.45) is 0 Å². The Morgan fingerprint density at radius 1 is 1.33 bits per heavy atom. The molecule has 0 aliphatic heterocycles. The molecule has 0 fully saturated rings. The molecule has 0 atom stereocenters. The topological polar surface area (TPSA) is 64.1 Å². The van der Waals surface area contributed by atoms with Gasteiger partial charge < -0.3 is 9.82 Å². The van der Waals surface area contributed by atoms with Gasteiger partial charge in [0.25, 0.3) is 5.56 Å². The van der Waals surface area contributed by atoms with Crippen LogP contribution in [0.4, 0.5) is 8.78 Å². The first kappa shape index (κ1) is 12.0. The molecule has 0 saturated carbocycles. The van der Waals surface area contributed by atoms with E-state index >= 15 is 0 Å². The van der Waals surface area contributed by atoms with Crippen molar-refractivity contribution in [1.29, 1.82) is 0 Å². The minimum atomic E-state index is -1.18. The van der Waals surface area contributed by atoms with Crippen LogP contribution in [-0.4, -0.2) is 16.3 Å². The van der Waals surface area contributed by atoms with Crippen molar-refractivity contribution in [2.45, 2.75) is 0 Å². The lowest BCUT2D eigenvalue weighted by molar-refractivity contribution is 0.116. The molecule has 0 saturated heterocycles. The van der Waals surface area contributed by atoms with Gasteiger partial charge in [-0.3, -0.25) is 4.79 Å². The summed E-state index contributed by atoms with van der Waals surface area (Å²) in [5.41, 5.74) is -1.84. The molecule has 1 heterocycles. The number of hydrogen-bond acceptors (Lipinski definition) is 3. The average Bonchev–Trinajstić information content (AvgIpc) is 2.32. The quantitative estimate of drug-likeness (QED) is 0.815. The predicted octanol–water partition coefficient (Wildman–Crippen LogP) is 0.583. The largest absolute Gasteiger partial charge is 0.402 e. The van der Waals surface area contributed by atoms with Gasteiger partial charge in [-0.1, -0.05) is 17.4 Å². The second-order valence-electron chi connectivity index (χ2n) is 3.43. The van der Waals surface area contributed by atoms with Crippen molar-refractivity contribution in [1.82, 2.24) is 9.71 Å². The summed E-state index contributed by atoms with van der Waals surface area (Å²) in [6, 6.07) is 1.45. The minimum absolute atomic E-state index is 0.0713. The Morgan fingerprint density at radius 2 is 2.00 bits per heavy atom. The number of rotatable bonds is 3. The van der Waals surface area contributed by atoms with Gasteiger partial charge in [-0.2, -0.15) is 0 Å². The van der Waals surface area contributed by atoms with E-state index in [2.05, 4.69) is 11.6 Å². The van der Waals surface area contributed by atoms with E-state index in [9.17, 15) is 18.4 Å². The Balaban J connectivity index is 2.77. The Hall–Kier alpha value is -2.44. The summed E-state index contributed by atoms with van der Waals surface area (Å²) in [5.74, 6) is -2.33. The molecule has 0 amide bonds. The highest BCUT2D eigenvalue weighted by molar-refractivity contribution is 5.77. The van der Waals surface area contributed by atoms with Crippen molar-refractivity contribution >= 4 is 10.9 Å². The Labute approximate surface area is 98.9 Å². The van der Waals surface area contributed by atoms with Crippen LogP contribution in [0.15, 0.2) is 34.4 Å². The zero-order valence-electron chi connectivity index (χ0n) is 9.07. The highest BCUT2D eigenvalue weighted by atomic mass is 19.2. The molecule has 0 spiro atoms. The molecule has 2 aromatic rings. The Bertz CT molecular complexity index is 733. The van der Waals surface area contributed by atoms with Gasteiger partial charge in [0.2, 0.25) is 0 Å². The van der Waals surface area contributed by atoms with Crippen molar-refractivity contribution < 1.29 is 13.6 Å². The van der Waals surface area contributed by atoms with Crippen LogP contribution in [0.2, 0.25) is 0 Å². The molecule has 0 aliphatic carbocycles.